The summed E-state index contributed by atoms with van der Waals surface area (Å²) in [6.07, 6.45) is 3.96. The minimum atomic E-state index is -0.853. The molecule has 1 spiro atoms. The van der Waals surface area contributed by atoms with Gasteiger partial charge in [-0.15, -0.1) is 0 Å². The predicted octanol–water partition coefficient (Wildman–Crippen LogP) is 4.88. The largest absolute Gasteiger partial charge is 0.473 e. The molecule has 214 valence electrons. The lowest BCUT2D eigenvalue weighted by Gasteiger charge is -2.27. The van der Waals surface area contributed by atoms with E-state index in [-0.39, 0.29) is 0 Å². The Morgan fingerprint density at radius 2 is 1.95 bits per heavy atom. The molecule has 2 saturated heterocycles. The molecule has 1 saturated carbocycles. The molecule has 3 N–H and O–H groups in total. The number of nitrogens with zero attached hydrogens (tertiary/aromatic N) is 5. The molecule has 0 radical (unpaired) electrons. The summed E-state index contributed by atoms with van der Waals surface area (Å²) in [6, 6.07) is 6.10. The zero-order chi connectivity index (χ0) is 28.2. The lowest BCUT2D eigenvalue weighted by Crippen LogP contribution is -2.39. The van der Waals surface area contributed by atoms with Crippen molar-refractivity contribution >= 4 is 17.4 Å². The first-order valence-electron chi connectivity index (χ1n) is 14.4. The lowest BCUT2D eigenvalue weighted by atomic mass is 9.86. The van der Waals surface area contributed by atoms with E-state index in [4.69, 9.17) is 36.6 Å². The third-order valence-corrected chi connectivity index (χ3v) is 9.24. The van der Waals surface area contributed by atoms with Gasteiger partial charge in [-0.1, -0.05) is 23.7 Å². The fraction of sp³-hybridized carbons (Fsp3) is 0.567. The summed E-state index contributed by atoms with van der Waals surface area (Å²) in [7, 11) is 0. The van der Waals surface area contributed by atoms with Crippen molar-refractivity contribution in [2.75, 3.05) is 31.1 Å². The van der Waals surface area contributed by atoms with Crippen molar-refractivity contribution in [2.24, 2.45) is 11.1 Å². The molecule has 3 aliphatic rings. The molecule has 2 aliphatic heterocycles. The molecule has 3 aromatic rings. The zero-order valence-electron chi connectivity index (χ0n) is 23.8. The van der Waals surface area contributed by atoms with Gasteiger partial charge in [0.05, 0.1) is 22.0 Å². The standard InChI is InChI=1S/C30H39ClN6O3/c1-5-24(38)27(32)39-21-8-9-23(31)22(14-21)28-33-26(25-18(3)35-40-19(25)4)17(2)29(34-28)37-13-11-30(16-37)10-12-36(15-30)20-6-7-20/h8-9,14,20,24,27,38H,5-7,10-13,15-16,32H2,1-4H3/t24?,27-,30?/m1/s1. The Kier molecular flexibility index (Phi) is 7.27. The fourth-order valence-electron chi connectivity index (χ4n) is 6.38. The van der Waals surface area contributed by atoms with Gasteiger partial charge in [0.1, 0.15) is 23.4 Å². The number of hydrogen-bond donors (Lipinski definition) is 2. The molecule has 0 amide bonds. The molecule has 6 rings (SSSR count). The van der Waals surface area contributed by atoms with Crippen molar-refractivity contribution in [3.05, 3.63) is 40.2 Å². The second kappa shape index (κ2) is 10.6. The highest BCUT2D eigenvalue weighted by atomic mass is 35.5. The number of hydrogen-bond acceptors (Lipinski definition) is 9. The van der Waals surface area contributed by atoms with Crippen molar-refractivity contribution in [1.29, 1.82) is 0 Å². The molecule has 40 heavy (non-hydrogen) atoms. The molecule has 2 aromatic heterocycles. The number of aliphatic hydroxyl groups excluding tert-OH is 1. The summed E-state index contributed by atoms with van der Waals surface area (Å²) >= 11 is 6.73. The van der Waals surface area contributed by atoms with Crippen LogP contribution in [0.4, 0.5) is 5.82 Å². The van der Waals surface area contributed by atoms with Crippen LogP contribution in [0.3, 0.4) is 0 Å². The number of rotatable bonds is 8. The number of aromatic nitrogens is 3. The van der Waals surface area contributed by atoms with E-state index in [1.807, 2.05) is 20.8 Å². The summed E-state index contributed by atoms with van der Waals surface area (Å²) in [5.41, 5.74) is 10.5. The van der Waals surface area contributed by atoms with Crippen LogP contribution in [0.15, 0.2) is 22.7 Å². The van der Waals surface area contributed by atoms with E-state index >= 15 is 0 Å². The first-order chi connectivity index (χ1) is 19.2. The van der Waals surface area contributed by atoms with E-state index in [1.165, 1.54) is 32.4 Å². The van der Waals surface area contributed by atoms with Crippen LogP contribution in [0.1, 0.15) is 56.0 Å². The molecule has 2 unspecified atom stereocenters. The van der Waals surface area contributed by atoms with Gasteiger partial charge in [-0.25, -0.2) is 9.97 Å². The topological polar surface area (TPSA) is 114 Å². The van der Waals surface area contributed by atoms with E-state index in [0.29, 0.717) is 39.8 Å². The summed E-state index contributed by atoms with van der Waals surface area (Å²) in [5, 5.41) is 14.8. The maximum absolute atomic E-state index is 10.1. The van der Waals surface area contributed by atoms with Gasteiger partial charge in [0.25, 0.3) is 0 Å². The second-order valence-corrected chi connectivity index (χ2v) is 12.3. The Balaban J connectivity index is 1.40. The van der Waals surface area contributed by atoms with Gasteiger partial charge in [-0.3, -0.25) is 10.6 Å². The molecule has 10 heteroatoms. The summed E-state index contributed by atoms with van der Waals surface area (Å²) < 4.78 is 11.4. The van der Waals surface area contributed by atoms with Gasteiger partial charge >= 0.3 is 0 Å². The minimum Gasteiger partial charge on any atom is -0.473 e. The number of nitrogens with two attached hydrogens (primary N) is 1. The predicted molar refractivity (Wildman–Crippen MR) is 156 cm³/mol. The third kappa shape index (κ3) is 5.09. The van der Waals surface area contributed by atoms with Crippen LogP contribution in [-0.4, -0.2) is 69.7 Å². The van der Waals surface area contributed by atoms with Crippen LogP contribution in [0.5, 0.6) is 5.75 Å². The zero-order valence-corrected chi connectivity index (χ0v) is 24.5. The van der Waals surface area contributed by atoms with Crippen molar-refractivity contribution in [1.82, 2.24) is 20.0 Å². The van der Waals surface area contributed by atoms with Crippen LogP contribution < -0.4 is 15.4 Å². The monoisotopic (exact) mass is 566 g/mol. The van der Waals surface area contributed by atoms with Gasteiger partial charge in [0.15, 0.2) is 12.1 Å². The number of likely N-dealkylation sites (tertiary alicyclic amines) is 1. The highest BCUT2D eigenvalue weighted by Crippen LogP contribution is 2.46. The number of anilines is 1. The number of halogens is 1. The molecular formula is C30H39ClN6O3. The smallest absolute Gasteiger partial charge is 0.173 e. The fourth-order valence-corrected chi connectivity index (χ4v) is 6.59. The van der Waals surface area contributed by atoms with Crippen LogP contribution >= 0.6 is 11.6 Å². The van der Waals surface area contributed by atoms with Crippen LogP contribution in [0.25, 0.3) is 22.6 Å². The molecule has 9 nitrogen and oxygen atoms in total. The maximum Gasteiger partial charge on any atom is 0.173 e. The normalized spacial score (nSPS) is 22.8. The number of aryl methyl sites for hydroxylation is 2. The van der Waals surface area contributed by atoms with Crippen LogP contribution in [0.2, 0.25) is 5.02 Å². The number of ether oxygens (including phenoxy) is 1. The Morgan fingerprint density at radius 3 is 2.65 bits per heavy atom. The van der Waals surface area contributed by atoms with E-state index in [0.717, 1.165) is 53.9 Å². The molecule has 4 heterocycles. The Morgan fingerprint density at radius 1 is 1.18 bits per heavy atom. The van der Waals surface area contributed by atoms with Gasteiger partial charge in [-0.2, -0.15) is 0 Å². The SMILES string of the molecule is CCC(O)[C@H](N)Oc1ccc(Cl)c(-c2nc(-c3c(C)noc3C)c(C)c(N3CCC4(CCN(C5CC5)C4)C3)n2)c1. The van der Waals surface area contributed by atoms with E-state index in [9.17, 15) is 5.11 Å². The van der Waals surface area contributed by atoms with Crippen molar-refractivity contribution in [2.45, 2.75) is 78.2 Å². The average molecular weight is 567 g/mol. The maximum atomic E-state index is 10.1. The molecule has 3 fully saturated rings. The Bertz CT molecular complexity index is 1390. The molecule has 1 aliphatic carbocycles. The van der Waals surface area contributed by atoms with Crippen LogP contribution in [-0.2, 0) is 0 Å². The van der Waals surface area contributed by atoms with E-state index in [1.54, 1.807) is 18.2 Å². The molecule has 3 atom stereocenters. The van der Waals surface area contributed by atoms with Crippen molar-refractivity contribution in [3.8, 4) is 28.4 Å². The van der Waals surface area contributed by atoms with Crippen molar-refractivity contribution < 1.29 is 14.4 Å². The average Bonchev–Trinajstić information content (AvgIpc) is 3.46. The van der Waals surface area contributed by atoms with Gasteiger partial charge < -0.3 is 19.3 Å². The summed E-state index contributed by atoms with van der Waals surface area (Å²) in [6.45, 7) is 12.1. The van der Waals surface area contributed by atoms with E-state index in [2.05, 4.69) is 21.9 Å². The highest BCUT2D eigenvalue weighted by Gasteiger charge is 2.47. The Labute approximate surface area is 240 Å². The lowest BCUT2D eigenvalue weighted by molar-refractivity contribution is 0.0379. The number of benzene rings is 1. The Hall–Kier alpha value is -2.72. The van der Waals surface area contributed by atoms with Crippen LogP contribution in [0, 0.1) is 26.2 Å². The van der Waals surface area contributed by atoms with Gasteiger partial charge in [-0.05, 0) is 77.6 Å². The molecule has 1 aromatic carbocycles. The highest BCUT2D eigenvalue weighted by molar-refractivity contribution is 6.33. The van der Waals surface area contributed by atoms with Gasteiger partial charge in [0.2, 0.25) is 0 Å². The molecule has 0 bridgehead atoms. The third-order valence-electron chi connectivity index (χ3n) is 8.91. The number of aliphatic hydroxyl groups is 1. The van der Waals surface area contributed by atoms with Gasteiger partial charge in [0, 0.05) is 42.2 Å². The first-order valence-corrected chi connectivity index (χ1v) is 14.8. The second-order valence-electron chi connectivity index (χ2n) is 11.9. The first kappa shape index (κ1) is 27.4. The van der Waals surface area contributed by atoms with Crippen molar-refractivity contribution in [3.63, 3.8) is 0 Å². The quantitative estimate of drug-likeness (QED) is 0.368. The summed E-state index contributed by atoms with van der Waals surface area (Å²) in [4.78, 5) is 15.3. The minimum absolute atomic E-state index is 0.311. The summed E-state index contributed by atoms with van der Waals surface area (Å²) in [5.74, 6) is 2.63. The molecular weight excluding hydrogens is 528 g/mol. The van der Waals surface area contributed by atoms with E-state index < -0.39 is 12.3 Å².